The van der Waals surface area contributed by atoms with Crippen LogP contribution in [0.25, 0.3) is 0 Å². The molecule has 0 unspecified atom stereocenters. The molecule has 3 fully saturated rings. The van der Waals surface area contributed by atoms with Crippen LogP contribution < -0.4 is 4.90 Å². The third-order valence-electron chi connectivity index (χ3n) is 9.21. The van der Waals surface area contributed by atoms with Gasteiger partial charge < -0.3 is 14.6 Å². The number of aliphatic carboxylic acids is 1. The number of likely N-dealkylation sites (tertiary alicyclic amines) is 1. The van der Waals surface area contributed by atoms with E-state index in [1.165, 1.54) is 18.2 Å². The molecule has 2 aliphatic carbocycles. The van der Waals surface area contributed by atoms with Gasteiger partial charge in [-0.05, 0) is 37.3 Å². The first-order chi connectivity index (χ1) is 21.6. The van der Waals surface area contributed by atoms with Crippen LogP contribution in [-0.2, 0) is 30.6 Å². The maximum Gasteiger partial charge on any atom is 0.303 e. The minimum atomic E-state index is -2.74. The standard InChI is InChI=1S/C29H21Cl2F5N2O8/c30-28-8-13-11(4-5-12-16(13)25(43)37(24(12)42)7-1-2-15(40)41)17(14-6-3-10(9-39)46-14)29(28,31)27(45)38(26(28)44)23-21(35)19(33)18(32)20(34)22(23)36/h3-4,6,12-13,16-17,39H,1-2,5,7-9H2,(H,40,41)/t12-,13+,16-,17+,28+,29-/m0/s1. The Kier molecular flexibility index (Phi) is 7.60. The molecule has 4 amide bonds. The Morgan fingerprint density at radius 2 is 1.57 bits per heavy atom. The number of allylic oxidation sites excluding steroid dienone is 2. The number of aliphatic hydroxyl groups is 1. The Balaban J connectivity index is 1.51. The minimum Gasteiger partial charge on any atom is -0.481 e. The van der Waals surface area contributed by atoms with E-state index in [0.717, 1.165) is 4.90 Å². The molecule has 2 N–H and O–H groups in total. The number of amides is 4. The van der Waals surface area contributed by atoms with Gasteiger partial charge in [0.05, 0.1) is 17.8 Å². The number of carbonyl (C=O) groups is 5. The number of hydrogen-bond donors (Lipinski definition) is 2. The summed E-state index contributed by atoms with van der Waals surface area (Å²) in [6, 6.07) is 2.56. The predicted octanol–water partition coefficient (Wildman–Crippen LogP) is 3.90. The van der Waals surface area contributed by atoms with Gasteiger partial charge in [0.2, 0.25) is 17.6 Å². The van der Waals surface area contributed by atoms with Crippen LogP contribution in [0.15, 0.2) is 28.2 Å². The van der Waals surface area contributed by atoms with E-state index in [0.29, 0.717) is 0 Å². The lowest BCUT2D eigenvalue weighted by atomic mass is 9.57. The normalized spacial score (nSPS) is 30.5. The fourth-order valence-corrected chi connectivity index (χ4v) is 8.10. The molecule has 2 aromatic rings. The number of carboxylic acid groups (broad SMARTS) is 1. The van der Waals surface area contributed by atoms with E-state index in [2.05, 4.69) is 0 Å². The van der Waals surface area contributed by atoms with Crippen LogP contribution in [0.2, 0.25) is 0 Å². The molecule has 46 heavy (non-hydrogen) atoms. The van der Waals surface area contributed by atoms with Crippen molar-refractivity contribution in [3.8, 4) is 0 Å². The molecule has 0 bridgehead atoms. The quantitative estimate of drug-likeness (QED) is 0.111. The minimum absolute atomic E-state index is 0.0445. The van der Waals surface area contributed by atoms with Crippen molar-refractivity contribution in [3.05, 3.63) is 64.4 Å². The van der Waals surface area contributed by atoms with E-state index in [1.54, 1.807) is 0 Å². The Morgan fingerprint density at radius 3 is 2.15 bits per heavy atom. The number of imide groups is 2. The number of rotatable bonds is 7. The number of furan rings is 1. The van der Waals surface area contributed by atoms with Gasteiger partial charge in [0.25, 0.3) is 11.8 Å². The van der Waals surface area contributed by atoms with Crippen molar-refractivity contribution < 1.29 is 60.6 Å². The molecule has 1 saturated carbocycles. The molecule has 3 heterocycles. The van der Waals surface area contributed by atoms with Crippen LogP contribution in [0.3, 0.4) is 0 Å². The van der Waals surface area contributed by atoms with Crippen LogP contribution in [0.4, 0.5) is 27.6 Å². The highest BCUT2D eigenvalue weighted by atomic mass is 35.5. The Labute approximate surface area is 265 Å². The number of alkyl halides is 2. The summed E-state index contributed by atoms with van der Waals surface area (Å²) in [5, 5.41) is 18.6. The van der Waals surface area contributed by atoms with Crippen molar-refractivity contribution in [3.63, 3.8) is 0 Å². The summed E-state index contributed by atoms with van der Waals surface area (Å²) in [5.41, 5.74) is -1.72. The number of aliphatic hydroxyl groups excluding tert-OH is 1. The molecule has 0 radical (unpaired) electrons. The van der Waals surface area contributed by atoms with E-state index in [-0.39, 0.29) is 47.8 Å². The van der Waals surface area contributed by atoms with Gasteiger partial charge in [-0.2, -0.15) is 0 Å². The zero-order valence-corrected chi connectivity index (χ0v) is 24.7. The summed E-state index contributed by atoms with van der Waals surface area (Å²) < 4.78 is 78.1. The third-order valence-corrected chi connectivity index (χ3v) is 10.6. The van der Waals surface area contributed by atoms with Crippen molar-refractivity contribution >= 4 is 58.5 Å². The van der Waals surface area contributed by atoms with Gasteiger partial charge in [0.15, 0.2) is 33.0 Å². The van der Waals surface area contributed by atoms with E-state index in [1.807, 2.05) is 0 Å². The maximum absolute atomic E-state index is 15.0. The van der Waals surface area contributed by atoms with Crippen molar-refractivity contribution in [1.82, 2.24) is 4.90 Å². The van der Waals surface area contributed by atoms with Crippen LogP contribution in [0, 0.1) is 46.8 Å². The number of anilines is 1. The predicted molar refractivity (Wildman–Crippen MR) is 145 cm³/mol. The highest BCUT2D eigenvalue weighted by Crippen LogP contribution is 2.66. The summed E-state index contributed by atoms with van der Waals surface area (Å²) in [6.45, 7) is -0.861. The highest BCUT2D eigenvalue weighted by Gasteiger charge is 2.77. The van der Waals surface area contributed by atoms with E-state index < -0.39 is 111 Å². The second-order valence-corrected chi connectivity index (χ2v) is 12.7. The summed E-state index contributed by atoms with van der Waals surface area (Å²) in [7, 11) is 0. The number of benzene rings is 1. The fourth-order valence-electron chi connectivity index (χ4n) is 7.19. The molecule has 6 atom stereocenters. The average molecular weight is 691 g/mol. The van der Waals surface area contributed by atoms with E-state index in [9.17, 15) is 42.3 Å². The van der Waals surface area contributed by atoms with E-state index in [4.69, 9.17) is 32.7 Å². The summed E-state index contributed by atoms with van der Waals surface area (Å²) in [4.78, 5) is 61.3. The van der Waals surface area contributed by atoms with Crippen molar-refractivity contribution in [2.75, 3.05) is 11.4 Å². The number of hydrogen-bond acceptors (Lipinski definition) is 7. The van der Waals surface area contributed by atoms with Crippen LogP contribution >= 0.6 is 23.2 Å². The fraction of sp³-hybridized carbons (Fsp3) is 0.414. The molecule has 10 nitrogen and oxygen atoms in total. The van der Waals surface area contributed by atoms with Crippen molar-refractivity contribution in [2.24, 2.45) is 17.8 Å². The first kappa shape index (κ1) is 32.1. The molecule has 244 valence electrons. The van der Waals surface area contributed by atoms with Crippen LogP contribution in [-0.4, -0.2) is 61.0 Å². The Morgan fingerprint density at radius 1 is 0.935 bits per heavy atom. The molecule has 1 aromatic heterocycles. The van der Waals surface area contributed by atoms with Gasteiger partial charge in [-0.1, -0.05) is 11.6 Å². The maximum atomic E-state index is 15.0. The topological polar surface area (TPSA) is 145 Å². The Hall–Kier alpha value is -3.82. The summed E-state index contributed by atoms with van der Waals surface area (Å²) in [5.74, 6) is -23.4. The van der Waals surface area contributed by atoms with Gasteiger partial charge >= 0.3 is 5.97 Å². The number of carbonyl (C=O) groups excluding carboxylic acids is 4. The first-order valence-electron chi connectivity index (χ1n) is 13.9. The number of halogens is 7. The van der Waals surface area contributed by atoms with Crippen molar-refractivity contribution in [1.29, 1.82) is 0 Å². The molecular formula is C29H21Cl2F5N2O8. The summed E-state index contributed by atoms with van der Waals surface area (Å²) in [6.07, 6.45) is 0.337. The van der Waals surface area contributed by atoms with E-state index >= 15 is 8.78 Å². The second-order valence-electron chi connectivity index (χ2n) is 11.5. The molecule has 1 aromatic carbocycles. The SMILES string of the molecule is O=C(O)CCCN1C(=O)[C@H]2[C@H](CC=C3[C@H]2C[C@@]2(Cl)C(=O)N(c4c(F)c(F)c(F)c(F)c4F)C(=O)[C@@]2(Cl)[C@H]3c2ccc(CO)o2)C1=O. The third kappa shape index (κ3) is 4.13. The first-order valence-corrected chi connectivity index (χ1v) is 14.6. The number of nitrogens with zero attached hydrogens (tertiary/aromatic N) is 2. The lowest BCUT2D eigenvalue weighted by molar-refractivity contribution is -0.142. The van der Waals surface area contributed by atoms with Gasteiger partial charge in [-0.25, -0.2) is 26.9 Å². The van der Waals surface area contributed by atoms with Crippen LogP contribution in [0.5, 0.6) is 0 Å². The average Bonchev–Trinajstić information content (AvgIpc) is 3.63. The molecule has 17 heteroatoms. The zero-order chi connectivity index (χ0) is 33.6. The lowest BCUT2D eigenvalue weighted by Gasteiger charge is -2.49. The van der Waals surface area contributed by atoms with Gasteiger partial charge in [0, 0.05) is 13.0 Å². The lowest BCUT2D eigenvalue weighted by Crippen LogP contribution is -2.60. The second kappa shape index (κ2) is 10.9. The van der Waals surface area contributed by atoms with Gasteiger partial charge in [-0.3, -0.25) is 28.9 Å². The molecule has 2 aliphatic heterocycles. The summed E-state index contributed by atoms with van der Waals surface area (Å²) >= 11 is 13.9. The molecular weight excluding hydrogens is 670 g/mol. The number of carboxylic acids is 1. The molecule has 2 saturated heterocycles. The monoisotopic (exact) mass is 690 g/mol. The van der Waals surface area contributed by atoms with Crippen molar-refractivity contribution in [2.45, 2.75) is 48.0 Å². The molecule has 6 rings (SSSR count). The molecule has 4 aliphatic rings. The van der Waals surface area contributed by atoms with Gasteiger partial charge in [0.1, 0.15) is 23.8 Å². The zero-order valence-electron chi connectivity index (χ0n) is 23.2. The Bertz CT molecular complexity index is 1750. The smallest absolute Gasteiger partial charge is 0.303 e. The largest absolute Gasteiger partial charge is 0.481 e. The highest BCUT2D eigenvalue weighted by molar-refractivity contribution is 6.58. The number of fused-ring (bicyclic) bond motifs is 4. The van der Waals surface area contributed by atoms with Gasteiger partial charge in [-0.15, -0.1) is 23.2 Å². The molecule has 0 spiro atoms. The van der Waals surface area contributed by atoms with Crippen LogP contribution in [0.1, 0.15) is 43.1 Å².